The first-order chi connectivity index (χ1) is 8.26. The molecule has 96 valence electrons. The molecule has 0 spiro atoms. The summed E-state index contributed by atoms with van der Waals surface area (Å²) in [5, 5.41) is 11.9. The predicted octanol–water partition coefficient (Wildman–Crippen LogP) is 2.33. The first-order valence-electron chi connectivity index (χ1n) is 5.68. The molecule has 4 unspecified atom stereocenters. The second kappa shape index (κ2) is 6.69. The lowest BCUT2D eigenvalue weighted by Gasteiger charge is -2.20. The third-order valence-corrected chi connectivity index (χ3v) is 12.1. The van der Waals surface area contributed by atoms with Crippen molar-refractivity contribution < 1.29 is 0 Å². The van der Waals surface area contributed by atoms with Gasteiger partial charge in [0.25, 0.3) is 0 Å². The first-order valence-corrected chi connectivity index (χ1v) is 12.2. The molecule has 1 aromatic rings. The van der Waals surface area contributed by atoms with Crippen LogP contribution in [0, 0.1) is 0 Å². The third-order valence-electron chi connectivity index (χ3n) is 2.71. The van der Waals surface area contributed by atoms with Crippen LogP contribution >= 0.6 is 33.3 Å². The summed E-state index contributed by atoms with van der Waals surface area (Å²) in [6.45, 7) is 6.38. The average Bonchev–Trinajstić information content (AvgIpc) is 2.61. The lowest BCUT2D eigenvalue weighted by Crippen LogP contribution is -2.27. The minimum absolute atomic E-state index is 0.307. The van der Waals surface area contributed by atoms with Crippen LogP contribution in [0.3, 0.4) is 0 Å². The molecule has 0 fully saturated rings. The number of rotatable bonds is 4. The van der Waals surface area contributed by atoms with Crippen molar-refractivity contribution in [1.29, 1.82) is 0 Å². The topological polar surface area (TPSA) is 46.0 Å². The van der Waals surface area contributed by atoms with Gasteiger partial charge in [0.05, 0.1) is 7.45 Å². The molecule has 1 aliphatic rings. The van der Waals surface area contributed by atoms with Gasteiger partial charge in [-0.05, 0) is 20.9 Å². The van der Waals surface area contributed by atoms with Gasteiger partial charge in [-0.1, -0.05) is 21.1 Å². The van der Waals surface area contributed by atoms with Crippen molar-refractivity contribution in [1.82, 2.24) is 19.7 Å². The summed E-state index contributed by atoms with van der Waals surface area (Å²) in [4.78, 5) is 2.47. The van der Waals surface area contributed by atoms with E-state index in [9.17, 15) is 0 Å². The van der Waals surface area contributed by atoms with Crippen molar-refractivity contribution in [2.45, 2.75) is 19.9 Å². The van der Waals surface area contributed by atoms with E-state index in [2.05, 4.69) is 49.8 Å². The normalized spacial score (nSPS) is 19.0. The molecular weight excluding hydrogens is 290 g/mol. The molecule has 2 heterocycles. The van der Waals surface area contributed by atoms with Crippen molar-refractivity contribution in [3.8, 4) is 0 Å². The van der Waals surface area contributed by atoms with E-state index in [1.54, 1.807) is 0 Å². The smallest absolute Gasteiger partial charge is 0.173 e. The number of nitrogens with one attached hydrogen (secondary N) is 1. The second-order valence-electron chi connectivity index (χ2n) is 3.95. The molecule has 0 aromatic carbocycles. The second-order valence-corrected chi connectivity index (χ2v) is 12.8. The van der Waals surface area contributed by atoms with Crippen LogP contribution in [0.15, 0.2) is 0 Å². The number of hydrogen-bond acceptors (Lipinski definition) is 4. The van der Waals surface area contributed by atoms with Gasteiger partial charge in [-0.2, -0.15) is 0 Å². The summed E-state index contributed by atoms with van der Waals surface area (Å²) >= 11 is 0. The van der Waals surface area contributed by atoms with Crippen LogP contribution in [0.5, 0.6) is 0 Å². The summed E-state index contributed by atoms with van der Waals surface area (Å²) in [5.74, 6) is 0.974. The number of aromatic nitrogens is 3. The molecule has 4 atom stereocenters. The van der Waals surface area contributed by atoms with E-state index < -0.39 is 0 Å². The zero-order chi connectivity index (χ0) is 12.3. The Morgan fingerprint density at radius 3 is 3.12 bits per heavy atom. The van der Waals surface area contributed by atoms with Gasteiger partial charge in [0.1, 0.15) is 5.69 Å². The van der Waals surface area contributed by atoms with Crippen molar-refractivity contribution in [3.63, 3.8) is 0 Å². The van der Waals surface area contributed by atoms with Gasteiger partial charge in [-0.3, -0.25) is 4.90 Å². The lowest BCUT2D eigenvalue weighted by molar-refractivity contribution is 0.276. The molecule has 5 nitrogen and oxygen atoms in total. The van der Waals surface area contributed by atoms with Gasteiger partial charge in [-0.15, -0.1) is 14.0 Å². The Balaban J connectivity index is 2.21. The van der Waals surface area contributed by atoms with Crippen LogP contribution in [0.4, 0.5) is 5.82 Å². The molecule has 9 heteroatoms. The minimum Gasteiger partial charge on any atom is -0.366 e. The van der Waals surface area contributed by atoms with E-state index in [-0.39, 0.29) is 7.45 Å². The highest BCUT2D eigenvalue weighted by atomic mass is 32.6. The van der Waals surface area contributed by atoms with E-state index in [0.717, 1.165) is 40.0 Å². The molecule has 0 amide bonds. The monoisotopic (exact) mass is 309 g/mol. The predicted molar refractivity (Wildman–Crippen MR) is 84.1 cm³/mol. The van der Waals surface area contributed by atoms with Crippen LogP contribution in [-0.2, 0) is 6.54 Å². The summed E-state index contributed by atoms with van der Waals surface area (Å²) in [6, 6.07) is 0. The fraction of sp³-hybridized carbons (Fsp3) is 0.750. The Morgan fingerprint density at radius 2 is 2.41 bits per heavy atom. The standard InChI is InChI=1S/C8H19N5P4/c1-2-4-12-5-3-9-8-7(6-12)13(11-10-8)17(15)16-14/h9,16H,2-6,14-15H2,1H3. The van der Waals surface area contributed by atoms with Crippen molar-refractivity contribution >= 4 is 39.1 Å². The Bertz CT molecular complexity index is 371. The molecule has 0 saturated carbocycles. The summed E-state index contributed by atoms with van der Waals surface area (Å²) in [7, 11) is 6.19. The minimum atomic E-state index is -0.307. The Labute approximate surface area is 110 Å². The number of hydrogen-bond donors (Lipinski definition) is 1. The fourth-order valence-electron chi connectivity index (χ4n) is 1.93. The fourth-order valence-corrected chi connectivity index (χ4v) is 4.93. The quantitative estimate of drug-likeness (QED) is 0.867. The van der Waals surface area contributed by atoms with Gasteiger partial charge in [0, 0.05) is 19.6 Å². The van der Waals surface area contributed by atoms with Crippen molar-refractivity contribution in [2.24, 2.45) is 0 Å². The van der Waals surface area contributed by atoms with Gasteiger partial charge >= 0.3 is 0 Å². The average molecular weight is 309 g/mol. The number of nitrogens with zero attached hydrogens (tertiary/aromatic N) is 4. The Morgan fingerprint density at radius 1 is 1.59 bits per heavy atom. The lowest BCUT2D eigenvalue weighted by atomic mass is 10.3. The van der Waals surface area contributed by atoms with E-state index in [1.807, 2.05) is 0 Å². The summed E-state index contributed by atoms with van der Waals surface area (Å²) in [6.07, 6.45) is 1.19. The molecular formula is C8H19N5P4. The van der Waals surface area contributed by atoms with Crippen molar-refractivity contribution in [2.75, 3.05) is 25.0 Å². The van der Waals surface area contributed by atoms with Gasteiger partial charge in [-0.25, -0.2) is 4.45 Å². The maximum Gasteiger partial charge on any atom is 0.173 e. The summed E-state index contributed by atoms with van der Waals surface area (Å²) in [5.41, 5.74) is 1.24. The zero-order valence-corrected chi connectivity index (χ0v) is 14.1. The van der Waals surface area contributed by atoms with Crippen LogP contribution in [0.25, 0.3) is 0 Å². The van der Waals surface area contributed by atoms with E-state index in [0.29, 0.717) is 0 Å². The maximum atomic E-state index is 4.28. The molecule has 0 aliphatic carbocycles. The largest absolute Gasteiger partial charge is 0.366 e. The molecule has 0 saturated heterocycles. The molecule has 0 bridgehead atoms. The third kappa shape index (κ3) is 3.34. The highest BCUT2D eigenvalue weighted by Crippen LogP contribution is 2.66. The number of anilines is 1. The van der Waals surface area contributed by atoms with E-state index >= 15 is 0 Å². The van der Waals surface area contributed by atoms with E-state index in [1.165, 1.54) is 12.1 Å². The number of fused-ring (bicyclic) bond motifs is 1. The highest BCUT2D eigenvalue weighted by molar-refractivity contribution is 8.60. The van der Waals surface area contributed by atoms with E-state index in [4.69, 9.17) is 0 Å². The molecule has 0 radical (unpaired) electrons. The molecule has 1 aromatic heterocycles. The Hall–Kier alpha value is 0.620. The zero-order valence-electron chi connectivity index (χ0n) is 9.93. The molecule has 1 aliphatic heterocycles. The van der Waals surface area contributed by atoms with Crippen LogP contribution in [0.2, 0.25) is 0 Å². The molecule has 17 heavy (non-hydrogen) atoms. The molecule has 1 N–H and O–H groups in total. The van der Waals surface area contributed by atoms with Crippen LogP contribution in [0.1, 0.15) is 19.0 Å². The SMILES string of the molecule is CCCN1CCNc2nnn(P(P)PP)c2C1. The van der Waals surface area contributed by atoms with Gasteiger partial charge in [0.15, 0.2) is 5.82 Å². The van der Waals surface area contributed by atoms with Gasteiger partial charge in [0.2, 0.25) is 0 Å². The van der Waals surface area contributed by atoms with Crippen molar-refractivity contribution in [3.05, 3.63) is 5.69 Å². The summed E-state index contributed by atoms with van der Waals surface area (Å²) < 4.78 is 2.10. The highest BCUT2D eigenvalue weighted by Gasteiger charge is 2.21. The van der Waals surface area contributed by atoms with Crippen LogP contribution < -0.4 is 5.32 Å². The van der Waals surface area contributed by atoms with Gasteiger partial charge < -0.3 is 5.32 Å². The first kappa shape index (κ1) is 14.0. The molecule has 2 rings (SSSR count). The maximum absolute atomic E-state index is 4.28. The Kier molecular flexibility index (Phi) is 5.52. The van der Waals surface area contributed by atoms with Crippen LogP contribution in [-0.4, -0.2) is 39.3 Å².